The molecule has 0 bridgehead atoms. The standard InChI is InChI=1S/C23H24N2O3/c1-15(16-9-10-18-14-19(28-4)12-11-17(18)13-16)22(26)24-21-8-6-5-7-20(21)23(27)25(2)3/h5-15H,1-4H3,(H,24,26)/t15-/m0/s1. The number of hydrogen-bond acceptors (Lipinski definition) is 3. The van der Waals surface area contributed by atoms with Crippen LogP contribution in [0.1, 0.15) is 28.8 Å². The van der Waals surface area contributed by atoms with Gasteiger partial charge in [-0.25, -0.2) is 0 Å². The predicted molar refractivity (Wildman–Crippen MR) is 112 cm³/mol. The lowest BCUT2D eigenvalue weighted by atomic mass is 9.96. The van der Waals surface area contributed by atoms with Crippen LogP contribution in [0.25, 0.3) is 10.8 Å². The van der Waals surface area contributed by atoms with Gasteiger partial charge in [0.25, 0.3) is 5.91 Å². The minimum atomic E-state index is -0.367. The molecular formula is C23H24N2O3. The number of carbonyl (C=O) groups excluding carboxylic acids is 2. The Bertz CT molecular complexity index is 1030. The second kappa shape index (κ2) is 8.13. The fourth-order valence-electron chi connectivity index (χ4n) is 3.05. The van der Waals surface area contributed by atoms with Gasteiger partial charge in [-0.3, -0.25) is 9.59 Å². The zero-order valence-corrected chi connectivity index (χ0v) is 16.5. The Kier molecular flexibility index (Phi) is 5.64. The van der Waals surface area contributed by atoms with Crippen LogP contribution in [0, 0.1) is 0 Å². The first-order chi connectivity index (χ1) is 13.4. The SMILES string of the molecule is COc1ccc2cc([C@H](C)C(=O)Nc3ccccc3C(=O)N(C)C)ccc2c1. The number of benzene rings is 3. The second-order valence-corrected chi connectivity index (χ2v) is 6.93. The predicted octanol–water partition coefficient (Wildman–Crippen LogP) is 4.29. The summed E-state index contributed by atoms with van der Waals surface area (Å²) in [5, 5.41) is 5.00. The molecule has 5 nitrogen and oxygen atoms in total. The maximum Gasteiger partial charge on any atom is 0.255 e. The van der Waals surface area contributed by atoms with Crippen molar-refractivity contribution >= 4 is 28.3 Å². The summed E-state index contributed by atoms with van der Waals surface area (Å²) in [6.45, 7) is 1.86. The number of para-hydroxylation sites is 1. The van der Waals surface area contributed by atoms with Crippen molar-refractivity contribution in [1.82, 2.24) is 4.90 Å². The molecule has 0 radical (unpaired) electrons. The molecular weight excluding hydrogens is 352 g/mol. The third-order valence-electron chi connectivity index (χ3n) is 4.79. The number of hydrogen-bond donors (Lipinski definition) is 1. The average molecular weight is 376 g/mol. The molecule has 5 heteroatoms. The van der Waals surface area contributed by atoms with E-state index >= 15 is 0 Å². The van der Waals surface area contributed by atoms with Crippen molar-refractivity contribution in [3.63, 3.8) is 0 Å². The van der Waals surface area contributed by atoms with Crippen molar-refractivity contribution in [1.29, 1.82) is 0 Å². The van der Waals surface area contributed by atoms with Gasteiger partial charge < -0.3 is 15.0 Å². The molecule has 0 aromatic heterocycles. The molecule has 0 spiro atoms. The van der Waals surface area contributed by atoms with Crippen LogP contribution in [0.2, 0.25) is 0 Å². The van der Waals surface area contributed by atoms with Crippen LogP contribution in [-0.2, 0) is 4.79 Å². The number of rotatable bonds is 5. The summed E-state index contributed by atoms with van der Waals surface area (Å²) < 4.78 is 5.26. The average Bonchev–Trinajstić information content (AvgIpc) is 2.72. The molecule has 2 amide bonds. The third kappa shape index (κ3) is 3.98. The van der Waals surface area contributed by atoms with Gasteiger partial charge in [0, 0.05) is 14.1 Å². The molecule has 0 fully saturated rings. The van der Waals surface area contributed by atoms with Crippen LogP contribution >= 0.6 is 0 Å². The molecule has 3 aromatic carbocycles. The quantitative estimate of drug-likeness (QED) is 0.723. The zero-order valence-electron chi connectivity index (χ0n) is 16.5. The van der Waals surface area contributed by atoms with E-state index in [9.17, 15) is 9.59 Å². The second-order valence-electron chi connectivity index (χ2n) is 6.93. The molecule has 1 N–H and O–H groups in total. The Morgan fingerprint density at radius 1 is 0.964 bits per heavy atom. The number of carbonyl (C=O) groups is 2. The lowest BCUT2D eigenvalue weighted by molar-refractivity contribution is -0.117. The highest BCUT2D eigenvalue weighted by atomic mass is 16.5. The molecule has 0 unspecified atom stereocenters. The van der Waals surface area contributed by atoms with Gasteiger partial charge in [0.1, 0.15) is 5.75 Å². The molecule has 0 aliphatic heterocycles. The number of methoxy groups -OCH3 is 1. The summed E-state index contributed by atoms with van der Waals surface area (Å²) in [6, 6.07) is 18.8. The number of ether oxygens (including phenoxy) is 1. The van der Waals surface area contributed by atoms with Gasteiger partial charge in [-0.2, -0.15) is 0 Å². The smallest absolute Gasteiger partial charge is 0.255 e. The molecule has 144 valence electrons. The van der Waals surface area contributed by atoms with Gasteiger partial charge in [0.15, 0.2) is 0 Å². The van der Waals surface area contributed by atoms with Crippen molar-refractivity contribution in [2.75, 3.05) is 26.5 Å². The molecule has 0 aliphatic carbocycles. The van der Waals surface area contributed by atoms with Gasteiger partial charge in [-0.1, -0.05) is 36.4 Å². The largest absolute Gasteiger partial charge is 0.497 e. The molecule has 28 heavy (non-hydrogen) atoms. The lowest BCUT2D eigenvalue weighted by Gasteiger charge is -2.17. The fourth-order valence-corrected chi connectivity index (χ4v) is 3.05. The summed E-state index contributed by atoms with van der Waals surface area (Å²) in [7, 11) is 5.02. The van der Waals surface area contributed by atoms with Crippen molar-refractivity contribution in [3.05, 3.63) is 71.8 Å². The van der Waals surface area contributed by atoms with Crippen molar-refractivity contribution in [3.8, 4) is 5.75 Å². The normalized spacial score (nSPS) is 11.7. The van der Waals surface area contributed by atoms with E-state index in [0.717, 1.165) is 22.1 Å². The van der Waals surface area contributed by atoms with Crippen molar-refractivity contribution in [2.24, 2.45) is 0 Å². The molecule has 0 saturated heterocycles. The van der Waals surface area contributed by atoms with Crippen LogP contribution < -0.4 is 10.1 Å². The van der Waals surface area contributed by atoms with Crippen LogP contribution in [0.4, 0.5) is 5.69 Å². The van der Waals surface area contributed by atoms with Gasteiger partial charge in [0.05, 0.1) is 24.3 Å². The van der Waals surface area contributed by atoms with Gasteiger partial charge in [0.2, 0.25) is 5.91 Å². The van der Waals surface area contributed by atoms with E-state index in [2.05, 4.69) is 5.32 Å². The van der Waals surface area contributed by atoms with E-state index in [4.69, 9.17) is 4.74 Å². The third-order valence-corrected chi connectivity index (χ3v) is 4.79. The topological polar surface area (TPSA) is 58.6 Å². The van der Waals surface area contributed by atoms with Gasteiger partial charge in [-0.15, -0.1) is 0 Å². The van der Waals surface area contributed by atoms with E-state index in [-0.39, 0.29) is 17.7 Å². The summed E-state index contributed by atoms with van der Waals surface area (Å²) in [4.78, 5) is 26.7. The number of nitrogens with zero attached hydrogens (tertiary/aromatic N) is 1. The molecule has 0 heterocycles. The molecule has 1 atom stereocenters. The summed E-state index contributed by atoms with van der Waals surface area (Å²) in [5.41, 5.74) is 1.90. The highest BCUT2D eigenvalue weighted by Gasteiger charge is 2.19. The number of fused-ring (bicyclic) bond motifs is 1. The number of anilines is 1. The van der Waals surface area contributed by atoms with E-state index in [0.29, 0.717) is 11.3 Å². The Balaban J connectivity index is 1.84. The van der Waals surface area contributed by atoms with E-state index in [1.54, 1.807) is 45.5 Å². The number of amides is 2. The van der Waals surface area contributed by atoms with Crippen LogP contribution in [-0.4, -0.2) is 37.9 Å². The minimum Gasteiger partial charge on any atom is -0.497 e. The first-order valence-electron chi connectivity index (χ1n) is 9.10. The van der Waals surface area contributed by atoms with Crippen LogP contribution in [0.15, 0.2) is 60.7 Å². The fraction of sp³-hybridized carbons (Fsp3) is 0.217. The summed E-state index contributed by atoms with van der Waals surface area (Å²) in [5.74, 6) is 0.122. The Labute approximate surface area is 164 Å². The highest BCUT2D eigenvalue weighted by molar-refractivity contribution is 6.05. The molecule has 3 rings (SSSR count). The minimum absolute atomic E-state index is 0.150. The van der Waals surface area contributed by atoms with E-state index < -0.39 is 0 Å². The number of nitrogens with one attached hydrogen (secondary N) is 1. The molecule has 0 saturated carbocycles. The Hall–Kier alpha value is -3.34. The monoisotopic (exact) mass is 376 g/mol. The van der Waals surface area contributed by atoms with Gasteiger partial charge in [-0.05, 0) is 47.5 Å². The first-order valence-corrected chi connectivity index (χ1v) is 9.10. The first kappa shape index (κ1) is 19.4. The maximum absolute atomic E-state index is 12.8. The molecule has 3 aromatic rings. The van der Waals surface area contributed by atoms with Crippen LogP contribution in [0.3, 0.4) is 0 Å². The van der Waals surface area contributed by atoms with Crippen molar-refractivity contribution in [2.45, 2.75) is 12.8 Å². The van der Waals surface area contributed by atoms with E-state index in [1.165, 1.54) is 4.90 Å². The zero-order chi connectivity index (χ0) is 20.3. The highest BCUT2D eigenvalue weighted by Crippen LogP contribution is 2.26. The molecule has 0 aliphatic rings. The van der Waals surface area contributed by atoms with E-state index in [1.807, 2.05) is 43.3 Å². The lowest BCUT2D eigenvalue weighted by Crippen LogP contribution is -2.25. The van der Waals surface area contributed by atoms with Crippen molar-refractivity contribution < 1.29 is 14.3 Å². The Morgan fingerprint density at radius 2 is 1.64 bits per heavy atom. The summed E-state index contributed by atoms with van der Waals surface area (Å²) >= 11 is 0. The van der Waals surface area contributed by atoms with Gasteiger partial charge >= 0.3 is 0 Å². The summed E-state index contributed by atoms with van der Waals surface area (Å²) in [6.07, 6.45) is 0. The Morgan fingerprint density at radius 3 is 2.36 bits per heavy atom. The van der Waals surface area contributed by atoms with Crippen LogP contribution in [0.5, 0.6) is 5.75 Å². The maximum atomic E-state index is 12.8.